The van der Waals surface area contributed by atoms with E-state index in [1.807, 2.05) is 5.32 Å². The van der Waals surface area contributed by atoms with E-state index in [9.17, 15) is 98.0 Å². The molecule has 0 bridgehead atoms. The number of carbonyl (C=O) groups excluding carboxylic acids is 13. The second-order valence-corrected chi connectivity index (χ2v) is 19.6. The number of hydrogen-bond acceptors (Lipinski definition) is 23. The molecule has 1 fully saturated rings. The lowest BCUT2D eigenvalue weighted by atomic mass is 10.0. The first-order chi connectivity index (χ1) is 40.1. The number of rotatable bonds is 27. The lowest BCUT2D eigenvalue weighted by Crippen LogP contribution is -2.60. The van der Waals surface area contributed by atoms with E-state index in [0.29, 0.717) is 11.5 Å². The second-order valence-electron chi connectivity index (χ2n) is 19.6. The molecule has 3 unspecified atom stereocenters. The summed E-state index contributed by atoms with van der Waals surface area (Å²) >= 11 is 0. The molecule has 0 aromatic carbocycles. The van der Waals surface area contributed by atoms with E-state index in [1.165, 1.54) is 17.6 Å². The van der Waals surface area contributed by atoms with E-state index in [0.717, 1.165) is 19.1 Å². The Hall–Kier alpha value is -9.59. The molecule has 0 spiro atoms. The molecular weight excluding hydrogens is 1130 g/mol. The zero-order chi connectivity index (χ0) is 63.0. The van der Waals surface area contributed by atoms with Gasteiger partial charge >= 0.3 is 0 Å². The molecule has 5 rings (SSSR count). The van der Waals surface area contributed by atoms with Crippen molar-refractivity contribution in [1.82, 2.24) is 62.5 Å². The van der Waals surface area contributed by atoms with Gasteiger partial charge in [0.25, 0.3) is 11.8 Å². The number of carbonyl (C=O) groups is 13. The minimum atomic E-state index is -2.18. The maximum Gasteiger partial charge on any atom is 0.271 e. The molecule has 5 aliphatic rings. The van der Waals surface area contributed by atoms with Crippen LogP contribution in [0.2, 0.25) is 0 Å². The number of fused-ring (bicyclic) bond motifs is 3. The van der Waals surface area contributed by atoms with Crippen LogP contribution >= 0.6 is 0 Å². The fraction of sp³-hybridized carbons (Fsp3) is 0.521. The number of nitrogens with zero attached hydrogens (tertiary/aromatic N) is 4. The highest BCUT2D eigenvalue weighted by atomic mass is 16.5. The van der Waals surface area contributed by atoms with Crippen LogP contribution in [-0.4, -0.2) is 229 Å². The number of hydroxylamine groups is 4. The number of nitrogens with one attached hydrogen (secondary N) is 11. The van der Waals surface area contributed by atoms with Crippen LogP contribution in [0.25, 0.3) is 11.3 Å². The van der Waals surface area contributed by atoms with Gasteiger partial charge in [0.2, 0.25) is 70.4 Å². The highest BCUT2D eigenvalue weighted by Gasteiger charge is 2.38. The number of hydrogen-bond donors (Lipinski definition) is 19. The smallest absolute Gasteiger partial charge is 0.271 e. The molecule has 21 N–H and O–H groups in total. The highest BCUT2D eigenvalue weighted by Crippen LogP contribution is 2.39. The fourth-order valence-corrected chi connectivity index (χ4v) is 8.77. The summed E-state index contributed by atoms with van der Waals surface area (Å²) in [6.45, 7) is -1.68. The minimum absolute atomic E-state index is 0.0154. The lowest BCUT2D eigenvalue weighted by molar-refractivity contribution is -0.184. The van der Waals surface area contributed by atoms with Gasteiger partial charge < -0.3 is 94.9 Å². The normalized spacial score (nSPS) is 18.4. The zero-order valence-electron chi connectivity index (χ0n) is 45.7. The van der Waals surface area contributed by atoms with E-state index in [2.05, 4.69) is 58.2 Å². The van der Waals surface area contributed by atoms with E-state index in [4.69, 9.17) is 11.5 Å². The summed E-state index contributed by atoms with van der Waals surface area (Å²) in [7, 11) is 0. The summed E-state index contributed by atoms with van der Waals surface area (Å²) in [5.41, 5.74) is 9.86. The Kier molecular flexibility index (Phi) is 23.5. The topological polar surface area (TPSA) is 568 Å². The SMILES string of the molecule is C[C@H](NC(=O)[C@@H](CC(N)=O)N(O)C(=O)[C@H](CO)NC(=O)CNC(=O)C1CCN=C(C(CO)NC(=O)[C@@H]2CCNc3c(NC(=O)CC(O)C(N)=O)cc4cc(O)c(=O)cc-4n32)N1)C(=O)NCC(=O)N[C@H](C)C(=O)NCC(=O)N[C@H]1CCCN(O)C1=O. The maximum atomic E-state index is 14.1. The predicted octanol–water partition coefficient (Wildman–Crippen LogP) is -9.78. The average Bonchev–Trinajstić information content (AvgIpc) is 1.06. The number of phenolic OH excluding ortho intramolecular Hbond substituents is 1. The number of aromatic nitrogens is 1. The quantitative estimate of drug-likeness (QED) is 0.0292. The van der Waals surface area contributed by atoms with Gasteiger partial charge in [-0.2, -0.15) is 0 Å². The largest absolute Gasteiger partial charge is 0.504 e. The average molecular weight is 1200 g/mol. The Labute approximate surface area is 480 Å². The number of aliphatic hydroxyl groups is 3. The first-order valence-corrected chi connectivity index (χ1v) is 26.2. The van der Waals surface area contributed by atoms with Crippen molar-refractivity contribution < 1.29 is 93.2 Å². The molecule has 0 radical (unpaired) electrons. The summed E-state index contributed by atoms with van der Waals surface area (Å²) in [6.07, 6.45) is -2.86. The van der Waals surface area contributed by atoms with Crippen LogP contribution in [0.1, 0.15) is 58.4 Å². The third-order valence-corrected chi connectivity index (χ3v) is 13.2. The van der Waals surface area contributed by atoms with Gasteiger partial charge in [-0.1, -0.05) is 0 Å². The van der Waals surface area contributed by atoms with Crippen LogP contribution in [0, 0.1) is 0 Å². The van der Waals surface area contributed by atoms with Crippen LogP contribution in [0.4, 0.5) is 11.5 Å². The number of benzene rings is 1. The third kappa shape index (κ3) is 18.0. The number of primary amides is 2. The van der Waals surface area contributed by atoms with Gasteiger partial charge in [-0.3, -0.25) is 82.5 Å². The van der Waals surface area contributed by atoms with Crippen LogP contribution in [0.3, 0.4) is 0 Å². The number of aromatic hydroxyl groups is 1. The summed E-state index contributed by atoms with van der Waals surface area (Å²) in [4.78, 5) is 182. The number of amidine groups is 1. The Morgan fingerprint density at radius 2 is 1.42 bits per heavy atom. The van der Waals surface area contributed by atoms with E-state index in [-0.39, 0.29) is 72.6 Å². The van der Waals surface area contributed by atoms with Crippen LogP contribution in [-0.2, 0) is 62.3 Å². The molecular formula is C48H67N17O20. The first kappa shape index (κ1) is 66.2. The van der Waals surface area contributed by atoms with Gasteiger partial charge in [-0.25, -0.2) is 10.1 Å². The fourth-order valence-electron chi connectivity index (χ4n) is 8.77. The van der Waals surface area contributed by atoms with Gasteiger partial charge in [0.05, 0.1) is 57.1 Å². The Balaban J connectivity index is 1.11. The molecule has 0 saturated carbocycles. The van der Waals surface area contributed by atoms with Gasteiger partial charge in [0, 0.05) is 31.3 Å². The molecule has 85 heavy (non-hydrogen) atoms. The number of aliphatic imine (C=N–C) groups is 1. The second kappa shape index (κ2) is 30.1. The molecule has 4 heterocycles. The summed E-state index contributed by atoms with van der Waals surface area (Å²) in [5.74, 6) is -13.8. The summed E-state index contributed by atoms with van der Waals surface area (Å²) in [6, 6.07) is -8.06. The van der Waals surface area contributed by atoms with Crippen molar-refractivity contribution >= 4 is 94.1 Å². The van der Waals surface area contributed by atoms with Gasteiger partial charge in [0.1, 0.15) is 66.1 Å². The van der Waals surface area contributed by atoms with E-state index < -0.39 is 188 Å². The number of phenols is 1. The van der Waals surface area contributed by atoms with Crippen molar-refractivity contribution in [1.29, 1.82) is 0 Å². The number of pyridine rings is 1. The highest BCUT2D eigenvalue weighted by molar-refractivity contribution is 6.01. The molecule has 0 aromatic rings. The maximum absolute atomic E-state index is 14.1. The molecule has 0 aromatic heterocycles. The van der Waals surface area contributed by atoms with Crippen LogP contribution in [0.5, 0.6) is 5.75 Å². The standard InChI is InChI=1S/C48H67N17O20/c1-20(42(77)54-16-37(74)58-24-4-3-9-63(84)47(24)82)56-36(73)15-53-43(78)21(2)57-46(81)30(13-34(49)71)65(85)48(83)27(19-67)60-38(75)17-55-44(79)23-5-7-51-40(61-23)26(18-66)62-45(80)28-6-8-52-41-25(59-35(72)14-33(70)39(50)76)10-22-11-31(68)32(69)12-29(22)64(28)41/h10-12,20-21,23-24,26-28,30,33,52,66-68,70,84-85H,3-9,13-19H2,1-2H3,(H2,49,71)(H2,50,76)(H,51,61)(H,53,78)(H,54,77)(H,55,79)(H,56,73)(H,57,81)(H,58,74)(H,59,72)(H,60,75)(H,62,80)/t20-,21+,23?,24+,26?,27+,28+,30-,33?/m1/s1. The van der Waals surface area contributed by atoms with Gasteiger partial charge in [-0.05, 0) is 51.7 Å². The monoisotopic (exact) mass is 1200 g/mol. The third-order valence-electron chi connectivity index (χ3n) is 13.2. The number of aliphatic hydroxyl groups excluding tert-OH is 3. The van der Waals surface area contributed by atoms with Crippen molar-refractivity contribution in [2.45, 2.75) is 107 Å². The van der Waals surface area contributed by atoms with Crippen molar-refractivity contribution in [3.05, 3.63) is 28.4 Å². The molecule has 4 aliphatic heterocycles. The molecule has 37 nitrogen and oxygen atoms in total. The van der Waals surface area contributed by atoms with Gasteiger partial charge in [-0.15, -0.1) is 0 Å². The first-order valence-electron chi connectivity index (χ1n) is 26.2. The minimum Gasteiger partial charge on any atom is -0.504 e. The van der Waals surface area contributed by atoms with E-state index in [1.54, 1.807) is 0 Å². The molecule has 1 saturated heterocycles. The molecule has 9 atom stereocenters. The zero-order valence-corrected chi connectivity index (χ0v) is 45.7. The number of piperidine rings is 1. The Morgan fingerprint density at radius 3 is 2.07 bits per heavy atom. The predicted molar refractivity (Wildman–Crippen MR) is 287 cm³/mol. The Bertz CT molecular complexity index is 2990. The molecule has 1 aliphatic carbocycles. The van der Waals surface area contributed by atoms with Crippen molar-refractivity contribution in [2.24, 2.45) is 16.5 Å². The molecule has 464 valence electrons. The molecule has 37 heteroatoms. The van der Waals surface area contributed by atoms with Crippen LogP contribution < -0.4 is 75.4 Å². The van der Waals surface area contributed by atoms with Crippen molar-refractivity contribution in [2.75, 3.05) is 63.1 Å². The lowest BCUT2D eigenvalue weighted by Gasteiger charge is -2.35. The summed E-state index contributed by atoms with van der Waals surface area (Å²) in [5, 5.41) is 87.7. The number of nitrogens with two attached hydrogens (primary N) is 2. The van der Waals surface area contributed by atoms with E-state index >= 15 is 0 Å². The number of anilines is 2. The van der Waals surface area contributed by atoms with Gasteiger partial charge in [0.15, 0.2) is 5.75 Å². The summed E-state index contributed by atoms with van der Waals surface area (Å²) < 4.78 is 1.37. The van der Waals surface area contributed by atoms with Crippen LogP contribution in [0.15, 0.2) is 28.0 Å². The Morgan fingerprint density at radius 1 is 0.776 bits per heavy atom. The number of amides is 13. The van der Waals surface area contributed by atoms with Crippen molar-refractivity contribution in [3.63, 3.8) is 0 Å². The molecule has 13 amide bonds. The van der Waals surface area contributed by atoms with Crippen molar-refractivity contribution in [3.8, 4) is 17.0 Å².